The van der Waals surface area contributed by atoms with Crippen molar-refractivity contribution in [1.82, 2.24) is 19.7 Å². The van der Waals surface area contributed by atoms with Gasteiger partial charge in [-0.25, -0.2) is 4.79 Å². The first-order valence-electron chi connectivity index (χ1n) is 10.2. The van der Waals surface area contributed by atoms with E-state index in [1.54, 1.807) is 11.1 Å². The van der Waals surface area contributed by atoms with Gasteiger partial charge in [0.05, 0.1) is 24.3 Å². The van der Waals surface area contributed by atoms with Gasteiger partial charge in [0.2, 0.25) is 0 Å². The lowest BCUT2D eigenvalue weighted by molar-refractivity contribution is 0.0229. The molecule has 0 fully saturated rings. The minimum Gasteiger partial charge on any atom is -0.444 e. The Labute approximate surface area is 171 Å². The van der Waals surface area contributed by atoms with Crippen LogP contribution in [-0.4, -0.2) is 37.9 Å². The van der Waals surface area contributed by atoms with Crippen molar-refractivity contribution in [1.29, 1.82) is 0 Å². The van der Waals surface area contributed by atoms with Crippen LogP contribution in [0.3, 0.4) is 0 Å². The molecule has 152 valence electrons. The van der Waals surface area contributed by atoms with Gasteiger partial charge >= 0.3 is 6.09 Å². The Balaban J connectivity index is 1.70. The maximum absolute atomic E-state index is 12.6. The number of hydrogen-bond acceptors (Lipinski definition) is 4. The lowest BCUT2D eigenvalue weighted by Crippen LogP contribution is -2.37. The number of hydrogen-bond donors (Lipinski definition) is 0. The van der Waals surface area contributed by atoms with Crippen LogP contribution in [0.1, 0.15) is 51.8 Å². The summed E-state index contributed by atoms with van der Waals surface area (Å²) in [4.78, 5) is 18.8. The highest BCUT2D eigenvalue weighted by atomic mass is 16.6. The highest BCUT2D eigenvalue weighted by Gasteiger charge is 2.27. The van der Waals surface area contributed by atoms with Crippen LogP contribution < -0.4 is 0 Å². The molecule has 0 saturated heterocycles. The number of carbonyl (C=O) groups excluding carboxylic acids is 1. The third kappa shape index (κ3) is 3.84. The van der Waals surface area contributed by atoms with Crippen LogP contribution in [0, 0.1) is 0 Å². The van der Waals surface area contributed by atoms with Crippen molar-refractivity contribution >= 4 is 17.0 Å². The SMILES string of the molecule is CC(C)c1ccc(-c2nn3c4c(nccc24)CN(C(=O)OC(C)(C)C)CC3)cc1. The fourth-order valence-electron chi connectivity index (χ4n) is 3.68. The highest BCUT2D eigenvalue weighted by Crippen LogP contribution is 2.32. The Morgan fingerprint density at radius 2 is 1.83 bits per heavy atom. The van der Waals surface area contributed by atoms with Crippen LogP contribution in [0.2, 0.25) is 0 Å². The van der Waals surface area contributed by atoms with Crippen molar-refractivity contribution in [3.63, 3.8) is 0 Å². The van der Waals surface area contributed by atoms with E-state index < -0.39 is 5.60 Å². The molecule has 1 aliphatic heterocycles. The number of pyridine rings is 1. The maximum Gasteiger partial charge on any atom is 0.410 e. The molecule has 0 radical (unpaired) electrons. The molecule has 29 heavy (non-hydrogen) atoms. The number of carbonyl (C=O) groups is 1. The van der Waals surface area contributed by atoms with Gasteiger partial charge in [0, 0.05) is 23.7 Å². The van der Waals surface area contributed by atoms with E-state index in [-0.39, 0.29) is 6.09 Å². The molecule has 1 aromatic carbocycles. The number of benzene rings is 1. The zero-order chi connectivity index (χ0) is 20.8. The zero-order valence-electron chi connectivity index (χ0n) is 17.8. The van der Waals surface area contributed by atoms with E-state index in [2.05, 4.69) is 43.1 Å². The number of aromatic nitrogens is 3. The van der Waals surface area contributed by atoms with Gasteiger partial charge in [-0.3, -0.25) is 9.67 Å². The standard InChI is InChI=1S/C23H28N4O2/c1-15(2)16-6-8-17(9-7-16)20-18-10-11-24-19-14-26(22(28)29-23(3,4)5)12-13-27(25-20)21(18)19/h6-11,15H,12-14H2,1-5H3. The van der Waals surface area contributed by atoms with Crippen LogP contribution >= 0.6 is 0 Å². The quantitative estimate of drug-likeness (QED) is 0.618. The van der Waals surface area contributed by atoms with Crippen LogP contribution in [0.25, 0.3) is 22.2 Å². The minimum atomic E-state index is -0.522. The molecule has 0 spiro atoms. The molecule has 6 nitrogen and oxygen atoms in total. The summed E-state index contributed by atoms with van der Waals surface area (Å²) in [5.74, 6) is 0.499. The monoisotopic (exact) mass is 392 g/mol. The van der Waals surface area contributed by atoms with Crippen LogP contribution in [-0.2, 0) is 17.8 Å². The predicted molar refractivity (Wildman–Crippen MR) is 114 cm³/mol. The fourth-order valence-corrected chi connectivity index (χ4v) is 3.68. The molecule has 1 aliphatic rings. The Kier molecular flexibility index (Phi) is 4.81. The van der Waals surface area contributed by atoms with Crippen LogP contribution in [0.5, 0.6) is 0 Å². The van der Waals surface area contributed by atoms with Crippen molar-refractivity contribution in [3.8, 4) is 11.3 Å². The predicted octanol–water partition coefficient (Wildman–Crippen LogP) is 4.97. The highest BCUT2D eigenvalue weighted by molar-refractivity contribution is 5.94. The van der Waals surface area contributed by atoms with Crippen molar-refractivity contribution in [2.24, 2.45) is 0 Å². The molecular formula is C23H28N4O2. The number of rotatable bonds is 2. The van der Waals surface area contributed by atoms with Crippen molar-refractivity contribution in [3.05, 3.63) is 47.8 Å². The molecular weight excluding hydrogens is 364 g/mol. The lowest BCUT2D eigenvalue weighted by Gasteiger charge is -2.26. The second kappa shape index (κ2) is 7.17. The molecule has 0 unspecified atom stereocenters. The summed E-state index contributed by atoms with van der Waals surface area (Å²) in [6, 6.07) is 10.6. The van der Waals surface area contributed by atoms with E-state index >= 15 is 0 Å². The largest absolute Gasteiger partial charge is 0.444 e. The molecule has 0 N–H and O–H groups in total. The Bertz CT molecular complexity index is 1050. The van der Waals surface area contributed by atoms with E-state index in [0.717, 1.165) is 27.9 Å². The summed E-state index contributed by atoms with van der Waals surface area (Å²) in [5.41, 5.74) is 4.70. The van der Waals surface area contributed by atoms with Gasteiger partial charge in [0.15, 0.2) is 0 Å². The summed E-state index contributed by atoms with van der Waals surface area (Å²) < 4.78 is 7.54. The van der Waals surface area contributed by atoms with Gasteiger partial charge < -0.3 is 9.64 Å². The van der Waals surface area contributed by atoms with Crippen LogP contribution in [0.4, 0.5) is 4.79 Å². The molecule has 1 amide bonds. The Morgan fingerprint density at radius 1 is 1.10 bits per heavy atom. The molecule has 2 aromatic heterocycles. The van der Waals surface area contributed by atoms with Gasteiger partial charge in [0.25, 0.3) is 0 Å². The minimum absolute atomic E-state index is 0.313. The molecule has 3 aromatic rings. The van der Waals surface area contributed by atoms with Crippen LogP contribution in [0.15, 0.2) is 36.5 Å². The first-order valence-corrected chi connectivity index (χ1v) is 10.2. The summed E-state index contributed by atoms with van der Waals surface area (Å²) >= 11 is 0. The molecule has 4 rings (SSSR count). The van der Waals surface area contributed by atoms with Gasteiger partial charge in [-0.1, -0.05) is 38.1 Å². The van der Waals surface area contributed by atoms with E-state index in [4.69, 9.17) is 9.84 Å². The Hall–Kier alpha value is -2.89. The molecule has 0 atom stereocenters. The maximum atomic E-state index is 12.6. The smallest absolute Gasteiger partial charge is 0.410 e. The second-order valence-corrected chi connectivity index (χ2v) is 8.90. The zero-order valence-corrected chi connectivity index (χ0v) is 17.8. The topological polar surface area (TPSA) is 60.2 Å². The molecule has 0 saturated carbocycles. The van der Waals surface area contributed by atoms with Crippen molar-refractivity contribution < 1.29 is 9.53 Å². The van der Waals surface area contributed by atoms with Gasteiger partial charge in [-0.05, 0) is 38.3 Å². The van der Waals surface area contributed by atoms with E-state index in [1.807, 2.05) is 31.5 Å². The van der Waals surface area contributed by atoms with Crippen molar-refractivity contribution in [2.75, 3.05) is 6.54 Å². The third-order valence-electron chi connectivity index (χ3n) is 5.16. The first kappa shape index (κ1) is 19.4. The second-order valence-electron chi connectivity index (χ2n) is 8.90. The lowest BCUT2D eigenvalue weighted by atomic mass is 10.00. The summed E-state index contributed by atoms with van der Waals surface area (Å²) in [5, 5.41) is 5.96. The Morgan fingerprint density at radius 3 is 2.48 bits per heavy atom. The van der Waals surface area contributed by atoms with Gasteiger partial charge in [-0.2, -0.15) is 5.10 Å². The summed E-state index contributed by atoms with van der Waals surface area (Å²) in [7, 11) is 0. The first-order chi connectivity index (χ1) is 13.7. The molecule has 6 heteroatoms. The summed E-state index contributed by atoms with van der Waals surface area (Å²) in [6.45, 7) is 11.6. The molecule has 0 bridgehead atoms. The number of ether oxygens (including phenoxy) is 1. The fraction of sp³-hybridized carbons (Fsp3) is 0.435. The van der Waals surface area contributed by atoms with Gasteiger partial charge in [0.1, 0.15) is 11.3 Å². The van der Waals surface area contributed by atoms with E-state index in [1.165, 1.54) is 5.56 Å². The summed E-state index contributed by atoms with van der Waals surface area (Å²) in [6.07, 6.45) is 1.49. The third-order valence-corrected chi connectivity index (χ3v) is 5.16. The number of amides is 1. The van der Waals surface area contributed by atoms with E-state index in [9.17, 15) is 4.79 Å². The normalized spacial score (nSPS) is 14.3. The average Bonchev–Trinajstić information content (AvgIpc) is 2.92. The van der Waals surface area contributed by atoms with Gasteiger partial charge in [-0.15, -0.1) is 0 Å². The van der Waals surface area contributed by atoms with Crippen molar-refractivity contribution in [2.45, 2.75) is 59.2 Å². The number of nitrogens with zero attached hydrogens (tertiary/aromatic N) is 4. The van der Waals surface area contributed by atoms with E-state index in [0.29, 0.717) is 25.6 Å². The molecule has 3 heterocycles. The average molecular weight is 393 g/mol. The molecule has 0 aliphatic carbocycles.